The number of amides is 1. The molecule has 0 saturated heterocycles. The van der Waals surface area contributed by atoms with Crippen LogP contribution in [0.25, 0.3) is 0 Å². The van der Waals surface area contributed by atoms with Gasteiger partial charge in [-0.05, 0) is 85.1 Å². The molecule has 2 fully saturated rings. The number of nitrogens with zero attached hydrogens (tertiary/aromatic N) is 1. The van der Waals surface area contributed by atoms with Crippen LogP contribution in [0.1, 0.15) is 56.1 Å². The van der Waals surface area contributed by atoms with Crippen molar-refractivity contribution in [1.29, 1.82) is 0 Å². The van der Waals surface area contributed by atoms with E-state index < -0.39 is 11.2 Å². The molecular formula is C27H28F2N2O3. The third-order valence-corrected chi connectivity index (χ3v) is 8.42. The number of nitrogens with one attached hydrogen (secondary N) is 1. The highest BCUT2D eigenvalue weighted by molar-refractivity contribution is 6.03. The third-order valence-electron chi connectivity index (χ3n) is 8.42. The van der Waals surface area contributed by atoms with Crippen molar-refractivity contribution in [1.82, 2.24) is 4.98 Å². The number of ketones is 1. The number of benzene rings is 1. The Balaban J connectivity index is 1.41. The van der Waals surface area contributed by atoms with Crippen LogP contribution < -0.4 is 5.32 Å². The summed E-state index contributed by atoms with van der Waals surface area (Å²) >= 11 is 0. The first-order chi connectivity index (χ1) is 16.3. The monoisotopic (exact) mass is 466 g/mol. The molecule has 178 valence electrons. The molecule has 1 aromatic heterocycles. The number of carbonyl (C=O) groups is 2. The lowest BCUT2D eigenvalue weighted by Crippen LogP contribution is -2.44. The van der Waals surface area contributed by atoms with Crippen molar-refractivity contribution >= 4 is 17.5 Å². The molecule has 1 heterocycles. The smallest absolute Gasteiger partial charge is 0.225 e. The van der Waals surface area contributed by atoms with E-state index >= 15 is 0 Å². The molecule has 5 rings (SSSR count). The van der Waals surface area contributed by atoms with Crippen molar-refractivity contribution in [3.05, 3.63) is 71.1 Å². The number of carbonyl (C=O) groups excluding carboxylic acids is 2. The number of allylic oxidation sites excluding steroid dienone is 1. The minimum Gasteiger partial charge on any atom is -0.515 e. The molecule has 5 nitrogen and oxygen atoms in total. The zero-order chi connectivity index (χ0) is 24.0. The summed E-state index contributed by atoms with van der Waals surface area (Å²) in [6.07, 6.45) is 5.59. The van der Waals surface area contributed by atoms with Gasteiger partial charge in [-0.25, -0.2) is 13.8 Å². The molecule has 0 aliphatic heterocycles. The van der Waals surface area contributed by atoms with E-state index in [-0.39, 0.29) is 53.4 Å². The van der Waals surface area contributed by atoms with E-state index in [1.807, 2.05) is 13.0 Å². The van der Waals surface area contributed by atoms with Gasteiger partial charge in [0.1, 0.15) is 5.82 Å². The molecule has 0 radical (unpaired) electrons. The Morgan fingerprint density at radius 1 is 1.24 bits per heavy atom. The summed E-state index contributed by atoms with van der Waals surface area (Å²) in [5.74, 6) is -1.36. The Morgan fingerprint density at radius 2 is 2.03 bits per heavy atom. The fourth-order valence-corrected chi connectivity index (χ4v) is 6.97. The number of hydrogen-bond donors (Lipinski definition) is 2. The van der Waals surface area contributed by atoms with E-state index in [0.717, 1.165) is 30.2 Å². The summed E-state index contributed by atoms with van der Waals surface area (Å²) in [6.45, 7) is 1.98. The summed E-state index contributed by atoms with van der Waals surface area (Å²) < 4.78 is 28.3. The Kier molecular flexibility index (Phi) is 5.74. The zero-order valence-electron chi connectivity index (χ0n) is 19.1. The predicted molar refractivity (Wildman–Crippen MR) is 123 cm³/mol. The van der Waals surface area contributed by atoms with Crippen LogP contribution in [0.2, 0.25) is 0 Å². The van der Waals surface area contributed by atoms with Gasteiger partial charge in [-0.3, -0.25) is 9.59 Å². The van der Waals surface area contributed by atoms with E-state index in [4.69, 9.17) is 0 Å². The van der Waals surface area contributed by atoms with Crippen LogP contribution in [-0.4, -0.2) is 21.8 Å². The quantitative estimate of drug-likeness (QED) is 0.462. The van der Waals surface area contributed by atoms with Crippen LogP contribution in [0.4, 0.5) is 14.6 Å². The third kappa shape index (κ3) is 3.53. The molecule has 1 aromatic carbocycles. The molecule has 0 spiro atoms. The van der Waals surface area contributed by atoms with Crippen LogP contribution >= 0.6 is 0 Å². The van der Waals surface area contributed by atoms with Crippen LogP contribution in [0.3, 0.4) is 0 Å². The number of rotatable bonds is 4. The largest absolute Gasteiger partial charge is 0.515 e. The molecule has 2 saturated carbocycles. The van der Waals surface area contributed by atoms with E-state index in [1.54, 1.807) is 6.07 Å². The maximum Gasteiger partial charge on any atom is 0.225 e. The first-order valence-corrected chi connectivity index (χ1v) is 11.9. The van der Waals surface area contributed by atoms with E-state index in [2.05, 4.69) is 10.3 Å². The van der Waals surface area contributed by atoms with Gasteiger partial charge in [0.15, 0.2) is 17.4 Å². The molecule has 2 N–H and O–H groups in total. The standard InChI is InChI=1S/C27H28F2N2O3/c1-27-12-11-16-15-4-2-5-21(28)17(15)7-8-18(16)24(27)19(20(14-32)25(27)34)9-10-23(33)31-26-22(29)6-3-13-30-26/h2-6,13-14,16,18-19,24,32H,7-12H2,1H3,(H,30,31,33)/b20-14-/t16?,18?,19-,24?,27+/m1/s1. The van der Waals surface area contributed by atoms with Crippen LogP contribution in [0, 0.1) is 34.8 Å². The van der Waals surface area contributed by atoms with Gasteiger partial charge in [0.05, 0.1) is 6.26 Å². The number of hydrogen-bond acceptors (Lipinski definition) is 4. The average Bonchev–Trinajstić information content (AvgIpc) is 3.05. The summed E-state index contributed by atoms with van der Waals surface area (Å²) in [4.78, 5) is 29.9. The van der Waals surface area contributed by atoms with Gasteiger partial charge in [-0.1, -0.05) is 19.1 Å². The van der Waals surface area contributed by atoms with E-state index in [0.29, 0.717) is 24.8 Å². The predicted octanol–water partition coefficient (Wildman–Crippen LogP) is 5.48. The molecule has 2 aromatic rings. The highest BCUT2D eigenvalue weighted by Crippen LogP contribution is 2.63. The normalized spacial score (nSPS) is 31.0. The lowest BCUT2D eigenvalue weighted by molar-refractivity contribution is -0.127. The minimum absolute atomic E-state index is 0.0482. The van der Waals surface area contributed by atoms with Gasteiger partial charge in [-0.2, -0.15) is 0 Å². The molecule has 3 unspecified atom stereocenters. The Morgan fingerprint density at radius 3 is 2.79 bits per heavy atom. The summed E-state index contributed by atoms with van der Waals surface area (Å²) in [7, 11) is 0. The maximum absolute atomic E-state index is 14.5. The number of fused-ring (bicyclic) bond motifs is 5. The van der Waals surface area contributed by atoms with Crippen LogP contribution in [0.5, 0.6) is 0 Å². The molecule has 7 heteroatoms. The number of pyridine rings is 1. The number of halogens is 2. The Hall–Kier alpha value is -3.09. The lowest BCUT2D eigenvalue weighted by atomic mass is 9.54. The number of aromatic nitrogens is 1. The van der Waals surface area contributed by atoms with Crippen molar-refractivity contribution in [2.45, 2.75) is 51.4 Å². The van der Waals surface area contributed by atoms with Crippen LogP contribution in [0.15, 0.2) is 48.4 Å². The van der Waals surface area contributed by atoms with Gasteiger partial charge >= 0.3 is 0 Å². The number of anilines is 1. The van der Waals surface area contributed by atoms with Gasteiger partial charge in [0.25, 0.3) is 0 Å². The van der Waals surface area contributed by atoms with E-state index in [1.165, 1.54) is 24.4 Å². The fraction of sp³-hybridized carbons (Fsp3) is 0.444. The number of aliphatic hydroxyl groups excluding tert-OH is 1. The topological polar surface area (TPSA) is 79.3 Å². The highest BCUT2D eigenvalue weighted by Gasteiger charge is 2.60. The minimum atomic E-state index is -0.616. The molecule has 34 heavy (non-hydrogen) atoms. The number of Topliss-reactive ketones (excluding diaryl/α,β-unsaturated/α-hetero) is 1. The molecule has 1 amide bonds. The Labute approximate surface area is 197 Å². The molecule has 0 bridgehead atoms. The summed E-state index contributed by atoms with van der Waals surface area (Å²) in [6, 6.07) is 7.93. The highest BCUT2D eigenvalue weighted by atomic mass is 19.1. The molecule has 3 aliphatic rings. The van der Waals surface area contributed by atoms with Gasteiger partial charge in [0, 0.05) is 23.6 Å². The van der Waals surface area contributed by atoms with Crippen molar-refractivity contribution in [3.8, 4) is 0 Å². The van der Waals surface area contributed by atoms with Gasteiger partial charge in [0.2, 0.25) is 5.91 Å². The van der Waals surface area contributed by atoms with E-state index in [9.17, 15) is 23.5 Å². The fourth-order valence-electron chi connectivity index (χ4n) is 6.97. The second kappa shape index (κ2) is 8.60. The maximum atomic E-state index is 14.5. The zero-order valence-corrected chi connectivity index (χ0v) is 19.1. The van der Waals surface area contributed by atoms with Crippen molar-refractivity contribution in [2.75, 3.05) is 5.32 Å². The molecular weight excluding hydrogens is 438 g/mol. The first-order valence-electron chi connectivity index (χ1n) is 11.9. The summed E-state index contributed by atoms with van der Waals surface area (Å²) in [5.41, 5.74) is 1.57. The summed E-state index contributed by atoms with van der Waals surface area (Å²) in [5, 5.41) is 12.5. The first kappa shape index (κ1) is 22.7. The average molecular weight is 467 g/mol. The second-order valence-electron chi connectivity index (χ2n) is 10.0. The second-order valence-corrected chi connectivity index (χ2v) is 10.0. The van der Waals surface area contributed by atoms with Crippen molar-refractivity contribution in [2.24, 2.45) is 23.2 Å². The van der Waals surface area contributed by atoms with Crippen LogP contribution in [-0.2, 0) is 16.0 Å². The van der Waals surface area contributed by atoms with Gasteiger partial charge < -0.3 is 10.4 Å². The van der Waals surface area contributed by atoms with Crippen molar-refractivity contribution < 1.29 is 23.5 Å². The molecule has 3 aliphatic carbocycles. The SMILES string of the molecule is C[C@]12CCC3c4cccc(F)c4CCC3C1[C@H](CCC(=O)Nc1ncccc1F)/C(=C/O)C2=O. The lowest BCUT2D eigenvalue weighted by Gasteiger charge is -2.49. The van der Waals surface area contributed by atoms with Gasteiger partial charge in [-0.15, -0.1) is 0 Å². The Bertz CT molecular complexity index is 1180. The van der Waals surface area contributed by atoms with Crippen molar-refractivity contribution in [3.63, 3.8) is 0 Å². The molecule has 5 atom stereocenters. The number of aliphatic hydroxyl groups is 1.